The summed E-state index contributed by atoms with van der Waals surface area (Å²) in [6.45, 7) is 0. The van der Waals surface area contributed by atoms with Gasteiger partial charge < -0.3 is 19.9 Å². The molecule has 0 saturated carbocycles. The van der Waals surface area contributed by atoms with Gasteiger partial charge in [-0.3, -0.25) is 4.79 Å². The Morgan fingerprint density at radius 2 is 1.92 bits per heavy atom. The van der Waals surface area contributed by atoms with Crippen molar-refractivity contribution < 1.29 is 19.4 Å². The Morgan fingerprint density at radius 3 is 2.56 bits per heavy atom. The molecule has 128 valence electrons. The summed E-state index contributed by atoms with van der Waals surface area (Å²) < 4.78 is 10.6. The lowest BCUT2D eigenvalue weighted by Gasteiger charge is -2.10. The van der Waals surface area contributed by atoms with Crippen LogP contribution in [-0.4, -0.2) is 25.2 Å². The number of carbonyl (C=O) groups is 1. The van der Waals surface area contributed by atoms with Gasteiger partial charge in [-0.15, -0.1) is 0 Å². The van der Waals surface area contributed by atoms with Crippen LogP contribution in [0.25, 0.3) is 6.08 Å². The van der Waals surface area contributed by atoms with Crippen LogP contribution in [0.4, 0.5) is 5.69 Å². The first-order chi connectivity index (χ1) is 12.0. The summed E-state index contributed by atoms with van der Waals surface area (Å²) in [4.78, 5) is 12.4. The third-order valence-electron chi connectivity index (χ3n) is 3.30. The van der Waals surface area contributed by atoms with Gasteiger partial charge in [0.25, 0.3) is 5.91 Å². The topological polar surface area (TPSA) is 91.6 Å². The number of rotatable bonds is 5. The fraction of sp³-hybridized carbons (Fsp3) is 0.111. The molecule has 7 heteroatoms. The summed E-state index contributed by atoms with van der Waals surface area (Å²) in [5.74, 6) is 0.0806. The summed E-state index contributed by atoms with van der Waals surface area (Å²) >= 11 is 3.20. The van der Waals surface area contributed by atoms with Crippen molar-refractivity contribution in [1.29, 1.82) is 5.26 Å². The SMILES string of the molecule is COc1ccccc1NC(=O)/C(C#N)=C/c1cc(Br)c(O)c(OC)c1. The van der Waals surface area contributed by atoms with Crippen LogP contribution in [0.3, 0.4) is 0 Å². The molecule has 0 bridgehead atoms. The number of anilines is 1. The van der Waals surface area contributed by atoms with Crippen LogP contribution in [0.2, 0.25) is 0 Å². The van der Waals surface area contributed by atoms with Crippen LogP contribution in [-0.2, 0) is 4.79 Å². The third kappa shape index (κ3) is 4.31. The van der Waals surface area contributed by atoms with Crippen molar-refractivity contribution in [3.05, 3.63) is 52.0 Å². The van der Waals surface area contributed by atoms with Gasteiger partial charge >= 0.3 is 0 Å². The van der Waals surface area contributed by atoms with Gasteiger partial charge in [0.2, 0.25) is 0 Å². The number of benzene rings is 2. The quantitative estimate of drug-likeness (QED) is 0.587. The molecule has 2 rings (SSSR count). The molecule has 1 amide bonds. The van der Waals surface area contributed by atoms with Crippen molar-refractivity contribution in [3.8, 4) is 23.3 Å². The van der Waals surface area contributed by atoms with E-state index in [2.05, 4.69) is 21.2 Å². The number of ether oxygens (including phenoxy) is 2. The zero-order valence-corrected chi connectivity index (χ0v) is 15.1. The average molecular weight is 403 g/mol. The summed E-state index contributed by atoms with van der Waals surface area (Å²) in [5.41, 5.74) is 0.874. The molecular formula is C18H15BrN2O4. The number of carbonyl (C=O) groups excluding carboxylic acids is 1. The zero-order valence-electron chi connectivity index (χ0n) is 13.5. The molecule has 0 aliphatic rings. The number of aromatic hydroxyl groups is 1. The highest BCUT2D eigenvalue weighted by atomic mass is 79.9. The van der Waals surface area contributed by atoms with Crippen LogP contribution in [0.15, 0.2) is 46.4 Å². The summed E-state index contributed by atoms with van der Waals surface area (Å²) in [5, 5.41) is 21.8. The number of hydrogen-bond donors (Lipinski definition) is 2. The van der Waals surface area contributed by atoms with E-state index in [0.717, 1.165) is 0 Å². The molecule has 0 aliphatic carbocycles. The number of nitrogens with zero attached hydrogens (tertiary/aromatic N) is 1. The van der Waals surface area contributed by atoms with Crippen molar-refractivity contribution in [3.63, 3.8) is 0 Å². The first kappa shape index (κ1) is 18.4. The molecule has 2 N–H and O–H groups in total. The highest BCUT2D eigenvalue weighted by molar-refractivity contribution is 9.10. The predicted octanol–water partition coefficient (Wildman–Crippen LogP) is 3.72. The molecule has 0 fully saturated rings. The van der Waals surface area contributed by atoms with E-state index in [0.29, 0.717) is 21.5 Å². The first-order valence-corrected chi connectivity index (χ1v) is 7.92. The van der Waals surface area contributed by atoms with Crippen LogP contribution in [0.5, 0.6) is 17.2 Å². The lowest BCUT2D eigenvalue weighted by atomic mass is 10.1. The fourth-order valence-electron chi connectivity index (χ4n) is 2.09. The van der Waals surface area contributed by atoms with E-state index in [1.54, 1.807) is 30.3 Å². The predicted molar refractivity (Wildman–Crippen MR) is 97.6 cm³/mol. The molecule has 0 spiro atoms. The van der Waals surface area contributed by atoms with Gasteiger partial charge in [-0.25, -0.2) is 0 Å². The van der Waals surface area contributed by atoms with E-state index in [-0.39, 0.29) is 17.1 Å². The second-order valence-corrected chi connectivity index (χ2v) is 5.73. The molecule has 0 aliphatic heterocycles. The van der Waals surface area contributed by atoms with Crippen molar-refractivity contribution >= 4 is 33.6 Å². The minimum absolute atomic E-state index is 0.0587. The molecular weight excluding hydrogens is 388 g/mol. The van der Waals surface area contributed by atoms with Crippen LogP contribution < -0.4 is 14.8 Å². The van der Waals surface area contributed by atoms with E-state index >= 15 is 0 Å². The van der Waals surface area contributed by atoms with Crippen LogP contribution >= 0.6 is 15.9 Å². The Morgan fingerprint density at radius 1 is 1.24 bits per heavy atom. The number of nitrogens with one attached hydrogen (secondary N) is 1. The third-order valence-corrected chi connectivity index (χ3v) is 3.91. The normalized spacial score (nSPS) is 10.7. The lowest BCUT2D eigenvalue weighted by Crippen LogP contribution is -2.14. The molecule has 25 heavy (non-hydrogen) atoms. The van der Waals surface area contributed by atoms with E-state index in [1.165, 1.54) is 26.4 Å². The molecule has 0 heterocycles. The number of hydrogen-bond acceptors (Lipinski definition) is 5. The Hall–Kier alpha value is -2.98. The van der Waals surface area contributed by atoms with Crippen molar-refractivity contribution in [2.24, 2.45) is 0 Å². The minimum Gasteiger partial charge on any atom is -0.503 e. The summed E-state index contributed by atoms with van der Waals surface area (Å²) in [6.07, 6.45) is 1.40. The minimum atomic E-state index is -0.574. The standard InChI is InChI=1S/C18H15BrN2O4/c1-24-15-6-4-3-5-14(15)21-18(23)12(10-20)7-11-8-13(19)17(22)16(9-11)25-2/h3-9,22H,1-2H3,(H,21,23)/b12-7+. The monoisotopic (exact) mass is 402 g/mol. The van der Waals surface area contributed by atoms with Gasteiger partial charge in [0.15, 0.2) is 11.5 Å². The number of nitriles is 1. The number of phenols is 1. The smallest absolute Gasteiger partial charge is 0.266 e. The Balaban J connectivity index is 2.33. The van der Waals surface area contributed by atoms with Crippen LogP contribution in [0.1, 0.15) is 5.56 Å². The van der Waals surface area contributed by atoms with E-state index in [1.807, 2.05) is 6.07 Å². The number of para-hydroxylation sites is 2. The van der Waals surface area contributed by atoms with E-state index < -0.39 is 5.91 Å². The fourth-order valence-corrected chi connectivity index (χ4v) is 2.55. The number of phenolic OH excluding ortho intramolecular Hbond substituents is 1. The van der Waals surface area contributed by atoms with E-state index in [4.69, 9.17) is 9.47 Å². The molecule has 0 unspecified atom stereocenters. The number of halogens is 1. The molecule has 2 aromatic carbocycles. The van der Waals surface area contributed by atoms with Gasteiger partial charge in [-0.1, -0.05) is 12.1 Å². The number of methoxy groups -OCH3 is 2. The van der Waals surface area contributed by atoms with Crippen molar-refractivity contribution in [2.75, 3.05) is 19.5 Å². The summed E-state index contributed by atoms with van der Waals surface area (Å²) in [7, 11) is 2.90. The Bertz CT molecular complexity index is 872. The van der Waals surface area contributed by atoms with Crippen molar-refractivity contribution in [1.82, 2.24) is 0 Å². The second kappa shape index (κ2) is 8.22. The Kier molecular flexibility index (Phi) is 6.03. The van der Waals surface area contributed by atoms with Gasteiger partial charge in [0.05, 0.1) is 24.4 Å². The molecule has 0 aromatic heterocycles. The number of amides is 1. The zero-order chi connectivity index (χ0) is 18.4. The highest BCUT2D eigenvalue weighted by Gasteiger charge is 2.14. The largest absolute Gasteiger partial charge is 0.503 e. The first-order valence-electron chi connectivity index (χ1n) is 7.12. The molecule has 0 radical (unpaired) electrons. The molecule has 0 atom stereocenters. The second-order valence-electron chi connectivity index (χ2n) is 4.88. The van der Waals surface area contributed by atoms with Crippen molar-refractivity contribution in [2.45, 2.75) is 0 Å². The van der Waals surface area contributed by atoms with Gasteiger partial charge in [0.1, 0.15) is 17.4 Å². The van der Waals surface area contributed by atoms with Gasteiger partial charge in [0, 0.05) is 0 Å². The van der Waals surface area contributed by atoms with Gasteiger partial charge in [-0.05, 0) is 51.8 Å². The van der Waals surface area contributed by atoms with E-state index in [9.17, 15) is 15.2 Å². The maximum atomic E-state index is 12.4. The maximum absolute atomic E-state index is 12.4. The van der Waals surface area contributed by atoms with Crippen LogP contribution in [0, 0.1) is 11.3 Å². The summed E-state index contributed by atoms with van der Waals surface area (Å²) in [6, 6.07) is 11.9. The van der Waals surface area contributed by atoms with Gasteiger partial charge in [-0.2, -0.15) is 5.26 Å². The molecule has 6 nitrogen and oxygen atoms in total. The lowest BCUT2D eigenvalue weighted by molar-refractivity contribution is -0.112. The Labute approximate surface area is 153 Å². The maximum Gasteiger partial charge on any atom is 0.266 e. The molecule has 2 aromatic rings. The highest BCUT2D eigenvalue weighted by Crippen LogP contribution is 2.35. The average Bonchev–Trinajstić information content (AvgIpc) is 2.62. The molecule has 0 saturated heterocycles.